The number of phenolic OH excluding ortho intramolecular Hbond substituents is 1. The van der Waals surface area contributed by atoms with Crippen molar-refractivity contribution in [3.8, 4) is 28.1 Å². The van der Waals surface area contributed by atoms with E-state index in [1.807, 2.05) is 30.3 Å². The maximum Gasteiger partial charge on any atom is 0.325 e. The highest BCUT2D eigenvalue weighted by Gasteiger charge is 2.35. The van der Waals surface area contributed by atoms with E-state index in [9.17, 15) is 17.9 Å². The number of thiocarbonyl (C=S) groups is 1. The summed E-state index contributed by atoms with van der Waals surface area (Å²) in [5.74, 6) is -1.37. The third-order valence-electron chi connectivity index (χ3n) is 4.28. The molecule has 0 spiro atoms. The van der Waals surface area contributed by atoms with Crippen LogP contribution in [0.25, 0.3) is 22.4 Å². The molecular weight excluding hydrogens is 401 g/mol. The normalized spacial score (nSPS) is 15.5. The molecule has 6 nitrogen and oxygen atoms in total. The van der Waals surface area contributed by atoms with Gasteiger partial charge in [-0.25, -0.2) is 8.70 Å². The lowest BCUT2D eigenvalue weighted by Gasteiger charge is -2.18. The highest BCUT2D eigenvalue weighted by molar-refractivity contribution is 7.94. The van der Waals surface area contributed by atoms with Crippen molar-refractivity contribution in [2.45, 2.75) is 0 Å². The molecule has 0 saturated carbocycles. The molecule has 142 valence electrons. The van der Waals surface area contributed by atoms with Crippen LogP contribution in [0.5, 0.6) is 5.75 Å². The van der Waals surface area contributed by atoms with E-state index in [4.69, 9.17) is 12.2 Å². The number of hydrogen-bond acceptors (Lipinski definition) is 5. The molecule has 0 atom stereocenters. The number of benzene rings is 2. The number of aromatic hydroxyl groups is 1. The van der Waals surface area contributed by atoms with Crippen LogP contribution in [0.2, 0.25) is 0 Å². The number of hydrogen-bond donors (Lipinski definition) is 2. The molecule has 2 aromatic carbocycles. The zero-order chi connectivity index (χ0) is 19.9. The van der Waals surface area contributed by atoms with E-state index in [1.54, 1.807) is 18.3 Å². The predicted molar refractivity (Wildman–Crippen MR) is 109 cm³/mol. The van der Waals surface area contributed by atoms with Crippen LogP contribution in [0.3, 0.4) is 0 Å². The van der Waals surface area contributed by atoms with Crippen LogP contribution in [0, 0.1) is 5.82 Å². The quantitative estimate of drug-likeness (QED) is 0.642. The number of phenols is 1. The van der Waals surface area contributed by atoms with Gasteiger partial charge >= 0.3 is 10.2 Å². The molecule has 1 aromatic heterocycles. The van der Waals surface area contributed by atoms with E-state index in [-0.39, 0.29) is 11.5 Å². The minimum atomic E-state index is -4.02. The van der Waals surface area contributed by atoms with Gasteiger partial charge in [-0.2, -0.15) is 8.42 Å². The predicted octanol–water partition coefficient (Wildman–Crippen LogP) is 3.24. The van der Waals surface area contributed by atoms with E-state index < -0.39 is 27.5 Å². The van der Waals surface area contributed by atoms with Crippen LogP contribution < -0.4 is 9.03 Å². The molecule has 0 unspecified atom stereocenters. The van der Waals surface area contributed by atoms with Gasteiger partial charge in [0.15, 0.2) is 5.82 Å². The molecular formula is C19H14FN3O3S2. The minimum absolute atomic E-state index is 0.0320. The molecule has 1 aliphatic heterocycles. The second kappa shape index (κ2) is 6.84. The standard InChI is InChI=1S/C19H14FN3O3S2/c20-15-8-14(10-17(24)19(15)23-11-18(27)22-28(23,25)26)13-6-7-21-16(9-13)12-4-2-1-3-5-12/h1-10,24H,11H2,(H,22,27). The molecule has 0 aliphatic carbocycles. The average Bonchev–Trinajstić information content (AvgIpc) is 2.94. The van der Waals surface area contributed by atoms with Gasteiger partial charge in [-0.15, -0.1) is 0 Å². The summed E-state index contributed by atoms with van der Waals surface area (Å²) in [6.45, 7) is -0.227. The maximum atomic E-state index is 14.8. The molecule has 1 saturated heterocycles. The number of anilines is 1. The molecule has 0 radical (unpaired) electrons. The summed E-state index contributed by atoms with van der Waals surface area (Å²) >= 11 is 4.85. The van der Waals surface area contributed by atoms with Crippen molar-refractivity contribution in [1.82, 2.24) is 9.71 Å². The first-order chi connectivity index (χ1) is 13.3. The van der Waals surface area contributed by atoms with Crippen molar-refractivity contribution in [2.24, 2.45) is 0 Å². The summed E-state index contributed by atoms with van der Waals surface area (Å²) in [6, 6.07) is 15.4. The van der Waals surface area contributed by atoms with Crippen LogP contribution >= 0.6 is 12.2 Å². The molecule has 2 N–H and O–H groups in total. The fraction of sp³-hybridized carbons (Fsp3) is 0.0526. The van der Waals surface area contributed by atoms with Gasteiger partial charge in [0.2, 0.25) is 0 Å². The summed E-state index contributed by atoms with van der Waals surface area (Å²) in [4.78, 5) is 4.35. The zero-order valence-electron chi connectivity index (χ0n) is 14.3. The van der Waals surface area contributed by atoms with Crippen LogP contribution in [0.1, 0.15) is 0 Å². The Balaban J connectivity index is 1.76. The Morgan fingerprint density at radius 3 is 2.46 bits per heavy atom. The van der Waals surface area contributed by atoms with Crippen molar-refractivity contribution in [1.29, 1.82) is 0 Å². The monoisotopic (exact) mass is 415 g/mol. The molecule has 2 heterocycles. The summed E-state index contributed by atoms with van der Waals surface area (Å²) in [5, 5.41) is 10.4. The van der Waals surface area contributed by atoms with Crippen LogP contribution in [-0.2, 0) is 10.2 Å². The number of halogens is 1. The van der Waals surface area contributed by atoms with Gasteiger partial charge in [-0.1, -0.05) is 42.5 Å². The second-order valence-electron chi connectivity index (χ2n) is 6.16. The molecule has 28 heavy (non-hydrogen) atoms. The third-order valence-corrected chi connectivity index (χ3v) is 6.03. The van der Waals surface area contributed by atoms with Gasteiger partial charge in [0, 0.05) is 11.8 Å². The maximum absolute atomic E-state index is 14.8. The van der Waals surface area contributed by atoms with Gasteiger partial charge in [0.25, 0.3) is 0 Å². The summed E-state index contributed by atoms with van der Waals surface area (Å²) in [5.41, 5.74) is 2.18. The van der Waals surface area contributed by atoms with Crippen LogP contribution in [-0.4, -0.2) is 30.0 Å². The average molecular weight is 415 g/mol. The minimum Gasteiger partial charge on any atom is -0.506 e. The number of rotatable bonds is 3. The lowest BCUT2D eigenvalue weighted by atomic mass is 10.0. The number of nitrogens with one attached hydrogen (secondary N) is 1. The number of pyridine rings is 1. The van der Waals surface area contributed by atoms with Crippen molar-refractivity contribution in [3.05, 3.63) is 66.6 Å². The summed E-state index contributed by atoms with van der Waals surface area (Å²) in [7, 11) is -4.02. The Kier molecular flexibility index (Phi) is 4.48. The van der Waals surface area contributed by atoms with Crippen LogP contribution in [0.15, 0.2) is 60.8 Å². The van der Waals surface area contributed by atoms with Crippen molar-refractivity contribution < 1.29 is 17.9 Å². The fourth-order valence-corrected chi connectivity index (χ4v) is 4.73. The fourth-order valence-electron chi connectivity index (χ4n) is 3.02. The van der Waals surface area contributed by atoms with Gasteiger partial charge in [-0.05, 0) is 35.4 Å². The lowest BCUT2D eigenvalue weighted by Crippen LogP contribution is -2.30. The molecule has 1 fully saturated rings. The van der Waals surface area contributed by atoms with Crippen molar-refractivity contribution in [3.63, 3.8) is 0 Å². The molecule has 1 aliphatic rings. The number of nitrogens with zero attached hydrogens (tertiary/aromatic N) is 2. The highest BCUT2D eigenvalue weighted by Crippen LogP contribution is 2.38. The van der Waals surface area contributed by atoms with E-state index in [0.29, 0.717) is 21.1 Å². The lowest BCUT2D eigenvalue weighted by molar-refractivity contribution is 0.470. The second-order valence-corrected chi connectivity index (χ2v) is 8.25. The van der Waals surface area contributed by atoms with Crippen molar-refractivity contribution in [2.75, 3.05) is 10.8 Å². The first kappa shape index (κ1) is 18.3. The molecule has 9 heteroatoms. The smallest absolute Gasteiger partial charge is 0.325 e. The first-order valence-corrected chi connectivity index (χ1v) is 10.1. The molecule has 0 amide bonds. The van der Waals surface area contributed by atoms with E-state index in [2.05, 4.69) is 9.71 Å². The zero-order valence-corrected chi connectivity index (χ0v) is 16.0. The molecule has 3 aromatic rings. The Labute approximate surface area is 166 Å². The summed E-state index contributed by atoms with van der Waals surface area (Å²) < 4.78 is 41.8. The molecule has 4 rings (SSSR count). The van der Waals surface area contributed by atoms with Gasteiger partial charge < -0.3 is 5.11 Å². The highest BCUT2D eigenvalue weighted by atomic mass is 32.2. The topological polar surface area (TPSA) is 82.5 Å². The Bertz CT molecular complexity index is 1160. The van der Waals surface area contributed by atoms with Crippen LogP contribution in [0.4, 0.5) is 10.1 Å². The van der Waals surface area contributed by atoms with Gasteiger partial charge in [0.1, 0.15) is 16.4 Å². The van der Waals surface area contributed by atoms with E-state index >= 15 is 0 Å². The first-order valence-electron chi connectivity index (χ1n) is 8.23. The van der Waals surface area contributed by atoms with Gasteiger partial charge in [0.05, 0.1) is 12.2 Å². The van der Waals surface area contributed by atoms with Crippen molar-refractivity contribution >= 4 is 33.1 Å². The Hall–Kier alpha value is -3.04. The van der Waals surface area contributed by atoms with Gasteiger partial charge in [-0.3, -0.25) is 9.71 Å². The SMILES string of the molecule is O=S1(=O)NC(=S)CN1c1c(O)cc(-c2ccnc(-c3ccccc3)c2)cc1F. The molecule has 0 bridgehead atoms. The van der Waals surface area contributed by atoms with E-state index in [1.165, 1.54) is 12.1 Å². The number of aromatic nitrogens is 1. The Morgan fingerprint density at radius 1 is 1.07 bits per heavy atom. The summed E-state index contributed by atoms with van der Waals surface area (Å²) in [6.07, 6.45) is 1.59. The Morgan fingerprint density at radius 2 is 1.82 bits per heavy atom. The third kappa shape index (κ3) is 3.30. The largest absolute Gasteiger partial charge is 0.506 e. The van der Waals surface area contributed by atoms with E-state index in [0.717, 1.165) is 5.56 Å².